The van der Waals surface area contributed by atoms with Crippen LogP contribution in [-0.2, 0) is 0 Å². The molecule has 0 radical (unpaired) electrons. The number of rotatable bonds is 7. The van der Waals surface area contributed by atoms with Gasteiger partial charge in [-0.05, 0) is 73.3 Å². The second-order valence-corrected chi connectivity index (χ2v) is 9.73. The molecule has 0 aliphatic carbocycles. The van der Waals surface area contributed by atoms with E-state index in [0.29, 0.717) is 0 Å². The van der Waals surface area contributed by atoms with Crippen molar-refractivity contribution in [2.24, 2.45) is 0 Å². The third-order valence-corrected chi connectivity index (χ3v) is 6.69. The molecule has 0 saturated heterocycles. The topological polar surface area (TPSA) is 16.1 Å². The number of hydrogen-bond acceptors (Lipinski definition) is 3. The first-order valence-corrected chi connectivity index (χ1v) is 14.7. The van der Waals surface area contributed by atoms with E-state index in [0.717, 1.165) is 33.4 Å². The molecular formula is C32H39BrN2S. The summed E-state index contributed by atoms with van der Waals surface area (Å²) in [7, 11) is 4.26. The molecule has 0 bridgehead atoms. The summed E-state index contributed by atoms with van der Waals surface area (Å²) in [5.41, 5.74) is 7.29. The van der Waals surface area contributed by atoms with E-state index in [1.807, 2.05) is 27.7 Å². The standard InChI is InChI=1S/C28H27BrN2S.2C2H6/c1-31(2)17-16-24(20-10-6-4-7-11-20)27(21-12-8-5-9-13-21)25-19-22-18-23(29)14-15-26(22)30-28(25)32-3;2*1-2/h4-15,18-19H,16-17H2,1-3H3;2*1-2H3/b27-24+;;. The van der Waals surface area contributed by atoms with Crippen molar-refractivity contribution in [3.8, 4) is 0 Å². The van der Waals surface area contributed by atoms with Crippen LogP contribution in [0.3, 0.4) is 0 Å². The Morgan fingerprint density at radius 1 is 0.806 bits per heavy atom. The van der Waals surface area contributed by atoms with Crippen molar-refractivity contribution in [2.45, 2.75) is 39.1 Å². The number of pyridine rings is 1. The lowest BCUT2D eigenvalue weighted by atomic mass is 9.88. The molecule has 0 aliphatic rings. The lowest BCUT2D eigenvalue weighted by Gasteiger charge is -2.21. The Hall–Kier alpha value is -2.40. The summed E-state index contributed by atoms with van der Waals surface area (Å²) < 4.78 is 1.07. The molecule has 0 amide bonds. The first kappa shape index (κ1) is 29.8. The number of nitrogens with zero attached hydrogens (tertiary/aromatic N) is 2. The van der Waals surface area contributed by atoms with Gasteiger partial charge in [0, 0.05) is 22.0 Å². The molecule has 0 N–H and O–H groups in total. The zero-order valence-corrected chi connectivity index (χ0v) is 25.1. The molecular weight excluding hydrogens is 524 g/mol. The summed E-state index contributed by atoms with van der Waals surface area (Å²) in [5, 5.41) is 2.19. The molecule has 4 aromatic rings. The van der Waals surface area contributed by atoms with Crippen LogP contribution in [0.1, 0.15) is 50.8 Å². The summed E-state index contributed by atoms with van der Waals surface area (Å²) in [4.78, 5) is 7.30. The van der Waals surface area contributed by atoms with E-state index < -0.39 is 0 Å². The largest absolute Gasteiger partial charge is 0.309 e. The van der Waals surface area contributed by atoms with Gasteiger partial charge in [-0.15, -0.1) is 11.8 Å². The number of fused-ring (bicyclic) bond motifs is 1. The number of aromatic nitrogens is 1. The quantitative estimate of drug-likeness (QED) is 0.165. The van der Waals surface area contributed by atoms with Crippen LogP contribution in [0.5, 0.6) is 0 Å². The minimum absolute atomic E-state index is 0.950. The Labute approximate surface area is 231 Å². The third-order valence-electron chi connectivity index (χ3n) is 5.50. The molecule has 0 atom stereocenters. The van der Waals surface area contributed by atoms with Gasteiger partial charge in [0.25, 0.3) is 0 Å². The SMILES string of the molecule is CC.CC.CSc1nc2ccc(Br)cc2cc1/C(=C(\CCN(C)C)c1ccccc1)c1ccccc1. The van der Waals surface area contributed by atoms with Crippen molar-refractivity contribution < 1.29 is 0 Å². The van der Waals surface area contributed by atoms with Gasteiger partial charge in [-0.2, -0.15) is 0 Å². The fraction of sp³-hybridized carbons (Fsp3) is 0.281. The normalized spacial score (nSPS) is 11.2. The van der Waals surface area contributed by atoms with Crippen LogP contribution >= 0.6 is 27.7 Å². The van der Waals surface area contributed by atoms with Gasteiger partial charge in [-0.3, -0.25) is 0 Å². The highest BCUT2D eigenvalue weighted by atomic mass is 79.9. The van der Waals surface area contributed by atoms with Crippen molar-refractivity contribution >= 4 is 49.7 Å². The Kier molecular flexibility index (Phi) is 13.0. The summed E-state index contributed by atoms with van der Waals surface area (Å²) in [6, 6.07) is 30.1. The second-order valence-electron chi connectivity index (χ2n) is 8.02. The number of thioether (sulfide) groups is 1. The predicted molar refractivity (Wildman–Crippen MR) is 166 cm³/mol. The number of halogens is 1. The van der Waals surface area contributed by atoms with E-state index in [4.69, 9.17) is 4.98 Å². The Balaban J connectivity index is 0.00000109. The van der Waals surface area contributed by atoms with E-state index in [2.05, 4.69) is 126 Å². The van der Waals surface area contributed by atoms with E-state index >= 15 is 0 Å². The predicted octanol–water partition coefficient (Wildman–Crippen LogP) is 9.68. The van der Waals surface area contributed by atoms with Crippen LogP contribution in [0.2, 0.25) is 0 Å². The van der Waals surface area contributed by atoms with Gasteiger partial charge in [-0.25, -0.2) is 4.98 Å². The maximum atomic E-state index is 5.05. The molecule has 1 heterocycles. The molecule has 0 saturated carbocycles. The Morgan fingerprint density at radius 3 is 1.94 bits per heavy atom. The zero-order valence-electron chi connectivity index (χ0n) is 22.7. The zero-order chi connectivity index (χ0) is 26.5. The molecule has 0 fully saturated rings. The third kappa shape index (κ3) is 7.80. The van der Waals surface area contributed by atoms with Crippen molar-refractivity contribution in [1.29, 1.82) is 0 Å². The first-order chi connectivity index (χ1) is 17.6. The summed E-state index contributed by atoms with van der Waals surface area (Å²) in [6.45, 7) is 8.97. The summed E-state index contributed by atoms with van der Waals surface area (Å²) in [6.07, 6.45) is 3.06. The van der Waals surface area contributed by atoms with Crippen LogP contribution in [0.15, 0.2) is 94.4 Å². The van der Waals surface area contributed by atoms with Crippen molar-refractivity contribution in [1.82, 2.24) is 9.88 Å². The Bertz CT molecular complexity index is 1240. The molecule has 0 spiro atoms. The van der Waals surface area contributed by atoms with Gasteiger partial charge in [0.15, 0.2) is 0 Å². The van der Waals surface area contributed by atoms with Crippen LogP contribution in [-0.4, -0.2) is 36.8 Å². The summed E-state index contributed by atoms with van der Waals surface area (Å²) in [5.74, 6) is 0. The maximum absolute atomic E-state index is 5.05. The average molecular weight is 564 g/mol. The van der Waals surface area contributed by atoms with E-state index in [1.54, 1.807) is 11.8 Å². The molecule has 3 aromatic carbocycles. The van der Waals surface area contributed by atoms with E-state index in [-0.39, 0.29) is 0 Å². The molecule has 2 nitrogen and oxygen atoms in total. The van der Waals surface area contributed by atoms with Gasteiger partial charge in [-0.1, -0.05) is 104 Å². The van der Waals surface area contributed by atoms with E-state index in [9.17, 15) is 0 Å². The van der Waals surface area contributed by atoms with Crippen molar-refractivity contribution in [3.05, 3.63) is 106 Å². The molecule has 0 unspecified atom stereocenters. The average Bonchev–Trinajstić information content (AvgIpc) is 2.93. The monoisotopic (exact) mass is 562 g/mol. The van der Waals surface area contributed by atoms with Gasteiger partial charge in [0.2, 0.25) is 0 Å². The fourth-order valence-electron chi connectivity index (χ4n) is 3.95. The summed E-state index contributed by atoms with van der Waals surface area (Å²) >= 11 is 5.34. The van der Waals surface area contributed by atoms with Gasteiger partial charge in [0.1, 0.15) is 5.03 Å². The lowest BCUT2D eigenvalue weighted by molar-refractivity contribution is 0.419. The molecule has 190 valence electrons. The molecule has 36 heavy (non-hydrogen) atoms. The molecule has 4 heteroatoms. The van der Waals surface area contributed by atoms with Gasteiger partial charge in [0.05, 0.1) is 5.52 Å². The number of hydrogen-bond donors (Lipinski definition) is 0. The molecule has 4 rings (SSSR count). The highest BCUT2D eigenvalue weighted by Crippen LogP contribution is 2.39. The highest BCUT2D eigenvalue weighted by molar-refractivity contribution is 9.10. The molecule has 1 aromatic heterocycles. The van der Waals surface area contributed by atoms with Crippen molar-refractivity contribution in [3.63, 3.8) is 0 Å². The van der Waals surface area contributed by atoms with Crippen LogP contribution in [0.4, 0.5) is 0 Å². The minimum atomic E-state index is 0.950. The van der Waals surface area contributed by atoms with Gasteiger partial charge >= 0.3 is 0 Å². The van der Waals surface area contributed by atoms with Crippen LogP contribution in [0.25, 0.3) is 22.0 Å². The Morgan fingerprint density at radius 2 is 1.39 bits per heavy atom. The lowest BCUT2D eigenvalue weighted by Crippen LogP contribution is -2.14. The van der Waals surface area contributed by atoms with Crippen LogP contribution < -0.4 is 0 Å². The van der Waals surface area contributed by atoms with Crippen LogP contribution in [0, 0.1) is 0 Å². The smallest absolute Gasteiger partial charge is 0.104 e. The van der Waals surface area contributed by atoms with Gasteiger partial charge < -0.3 is 4.90 Å². The molecule has 0 aliphatic heterocycles. The first-order valence-electron chi connectivity index (χ1n) is 12.7. The van der Waals surface area contributed by atoms with E-state index in [1.165, 1.54) is 27.8 Å². The minimum Gasteiger partial charge on any atom is -0.309 e. The fourth-order valence-corrected chi connectivity index (χ4v) is 4.90. The second kappa shape index (κ2) is 15.7. The maximum Gasteiger partial charge on any atom is 0.104 e. The highest BCUT2D eigenvalue weighted by Gasteiger charge is 2.19. The van der Waals surface area contributed by atoms with Crippen molar-refractivity contribution in [2.75, 3.05) is 26.9 Å². The number of benzene rings is 3.